The summed E-state index contributed by atoms with van der Waals surface area (Å²) in [5, 5.41) is 173. The largest absolute Gasteiger partial charge is 0.479 e. The first-order valence-corrected chi connectivity index (χ1v) is 33.4. The zero-order valence-corrected chi connectivity index (χ0v) is 54.6. The van der Waals surface area contributed by atoms with Crippen molar-refractivity contribution in [3.63, 3.8) is 0 Å². The predicted molar refractivity (Wildman–Crippen MR) is 314 cm³/mol. The summed E-state index contributed by atoms with van der Waals surface area (Å²) in [5.74, 6) is -3.18. The lowest BCUT2D eigenvalue weighted by molar-refractivity contribution is -0.391. The minimum absolute atomic E-state index is 0.0791. The molecule has 11 aliphatic rings. The molecule has 6 saturated heterocycles. The van der Waals surface area contributed by atoms with Crippen molar-refractivity contribution in [2.24, 2.45) is 50.2 Å². The number of carboxylic acids is 1. The van der Waals surface area contributed by atoms with Crippen LogP contribution in [0.5, 0.6) is 0 Å². The van der Waals surface area contributed by atoms with Crippen LogP contribution in [0.3, 0.4) is 0 Å². The number of carbonyl (C=O) groups excluding carboxylic acids is 2. The minimum atomic E-state index is -2.19. The van der Waals surface area contributed by atoms with Gasteiger partial charge in [-0.05, 0) is 117 Å². The first kappa shape index (κ1) is 73.5. The molecule has 6 heterocycles. The monoisotopic (exact) mass is 1360 g/mol. The molecular weight excluding hydrogens is 1260 g/mol. The summed E-state index contributed by atoms with van der Waals surface area (Å²) >= 11 is 0. The van der Waals surface area contributed by atoms with Gasteiger partial charge in [0.2, 0.25) is 6.29 Å². The van der Waals surface area contributed by atoms with E-state index in [1.165, 1.54) is 13.8 Å². The number of ether oxygens (including phenoxy) is 12. The number of allylic oxidation sites excluding steroid dienone is 2. The van der Waals surface area contributed by atoms with Crippen LogP contribution in [0.25, 0.3) is 0 Å². The number of aliphatic hydroxyl groups excluding tert-OH is 15. The van der Waals surface area contributed by atoms with Gasteiger partial charge in [-0.2, -0.15) is 0 Å². The topological polar surface area (TPSA) is 486 Å². The number of carbonyl (C=O) groups is 3. The van der Waals surface area contributed by atoms with Crippen LogP contribution in [0.15, 0.2) is 11.6 Å². The van der Waals surface area contributed by atoms with Gasteiger partial charge in [0.15, 0.2) is 43.7 Å². The van der Waals surface area contributed by atoms with Crippen molar-refractivity contribution in [2.75, 3.05) is 19.8 Å². The Labute approximate surface area is 549 Å². The second kappa shape index (κ2) is 27.3. The van der Waals surface area contributed by atoms with Gasteiger partial charge in [0.05, 0.1) is 49.0 Å². The molecule has 6 aliphatic heterocycles. The smallest absolute Gasteiger partial charge is 0.335 e. The third-order valence-corrected chi connectivity index (χ3v) is 24.7. The van der Waals surface area contributed by atoms with Gasteiger partial charge in [-0.3, -0.25) is 4.79 Å². The van der Waals surface area contributed by atoms with Crippen LogP contribution in [0.1, 0.15) is 120 Å². The normalized spacial score (nSPS) is 54.7. The second-order valence-electron chi connectivity index (χ2n) is 30.7. The first-order chi connectivity index (χ1) is 44.5. The van der Waals surface area contributed by atoms with E-state index >= 15 is 4.79 Å². The van der Waals surface area contributed by atoms with Crippen molar-refractivity contribution in [3.05, 3.63) is 11.6 Å². The lowest BCUT2D eigenvalue weighted by Gasteiger charge is -2.71. The van der Waals surface area contributed by atoms with E-state index < -0.39 is 243 Å². The molecule has 0 amide bonds. The fourth-order valence-corrected chi connectivity index (χ4v) is 18.7. The number of hydrogen-bond acceptors (Lipinski definition) is 30. The molecule has 542 valence electrons. The Hall–Kier alpha value is -2.69. The zero-order valence-electron chi connectivity index (χ0n) is 54.6. The highest BCUT2D eigenvalue weighted by atomic mass is 16.8. The molecule has 0 spiro atoms. The maximum atomic E-state index is 15.6. The molecule has 0 aromatic heterocycles. The van der Waals surface area contributed by atoms with Gasteiger partial charge in [-0.25, -0.2) is 4.79 Å². The maximum Gasteiger partial charge on any atom is 0.335 e. The highest BCUT2D eigenvalue weighted by molar-refractivity contribution is 5.79. The van der Waals surface area contributed by atoms with Crippen molar-refractivity contribution in [3.8, 4) is 0 Å². The molecule has 11 rings (SSSR count). The van der Waals surface area contributed by atoms with Crippen molar-refractivity contribution < 1.29 is 153 Å². The molecule has 37 atom stereocenters. The summed E-state index contributed by atoms with van der Waals surface area (Å²) in [4.78, 5) is 42.7. The zero-order chi connectivity index (χ0) is 69.3. The van der Waals surface area contributed by atoms with E-state index in [2.05, 4.69) is 40.7 Å². The Bertz CT molecular complexity index is 2760. The molecule has 0 bridgehead atoms. The molecule has 0 radical (unpaired) electrons. The fourth-order valence-electron chi connectivity index (χ4n) is 18.7. The van der Waals surface area contributed by atoms with Crippen LogP contribution in [0.4, 0.5) is 0 Å². The lowest BCUT2D eigenvalue weighted by atomic mass is 9.33. The van der Waals surface area contributed by atoms with E-state index in [9.17, 15) is 91.3 Å². The predicted octanol–water partition coefficient (Wildman–Crippen LogP) is -3.78. The summed E-state index contributed by atoms with van der Waals surface area (Å²) in [6, 6.07) is 0. The van der Waals surface area contributed by atoms with E-state index in [1.807, 2.05) is 0 Å². The van der Waals surface area contributed by atoms with Crippen molar-refractivity contribution >= 4 is 18.2 Å². The molecule has 31 nitrogen and oxygen atoms in total. The average Bonchev–Trinajstić information content (AvgIpc) is 0.676. The Morgan fingerprint density at radius 2 is 1.09 bits per heavy atom. The highest BCUT2D eigenvalue weighted by Crippen LogP contribution is 2.76. The fraction of sp³-hybridized carbons (Fsp3) is 0.922. The molecule has 5 aliphatic carbocycles. The van der Waals surface area contributed by atoms with Gasteiger partial charge in [0.25, 0.3) is 0 Å². The molecule has 4 saturated carbocycles. The van der Waals surface area contributed by atoms with Crippen molar-refractivity contribution in [1.82, 2.24) is 0 Å². The number of carboxylic acid groups (broad SMARTS) is 1. The van der Waals surface area contributed by atoms with Crippen LogP contribution < -0.4 is 0 Å². The van der Waals surface area contributed by atoms with Crippen LogP contribution in [-0.4, -0.2) is 298 Å². The summed E-state index contributed by atoms with van der Waals surface area (Å²) in [6.45, 7) is 13.9. The summed E-state index contributed by atoms with van der Waals surface area (Å²) in [6.07, 6.45) is -41.9. The number of aldehydes is 1. The lowest BCUT2D eigenvalue weighted by Crippen LogP contribution is -2.68. The number of aliphatic carboxylic acids is 1. The van der Waals surface area contributed by atoms with E-state index in [-0.39, 0.29) is 23.7 Å². The molecule has 95 heavy (non-hydrogen) atoms. The number of aliphatic hydroxyl groups is 15. The van der Waals surface area contributed by atoms with Crippen molar-refractivity contribution in [2.45, 2.75) is 298 Å². The highest BCUT2D eigenvalue weighted by Gasteiger charge is 2.71. The SMILES string of the molecule is C[C@@H]1O[C@@H](O[C@H]2[C@H](OC(=O)[C@]34CCC(C)(C)C[C@H]3C3=CC[C@@H]5[C@]6(C)CC[C@H](O[C@@H]7O[C@H](C(=O)O)[C@@H](O)[C@H](O[C@@H]8OC[C@@H](O)[C@H](O)[C@H]8O)[C@H]7O[C@@H]7O[C@H](CO)[C@H](O)[C@H](O)[C@H]7O)[C@@](C)(C=O)[C@@H]6CC[C@@]5(C)[C@]3(C)CC4)O[C@H](C)[C@H](O)[C@@H]2O)[C@H](O)[C@@H](O)[C@H]1O[C@@H]1OC[C@@H](O)[C@H](O)[C@H]1O. The molecule has 0 aromatic carbocycles. The Morgan fingerprint density at radius 1 is 0.537 bits per heavy atom. The molecule has 0 aromatic rings. The van der Waals surface area contributed by atoms with Gasteiger partial charge in [-0.1, -0.05) is 53.2 Å². The Kier molecular flexibility index (Phi) is 21.1. The van der Waals surface area contributed by atoms with Crippen LogP contribution in [0.2, 0.25) is 0 Å². The molecule has 0 unspecified atom stereocenters. The second-order valence-corrected chi connectivity index (χ2v) is 30.7. The quantitative estimate of drug-likeness (QED) is 0.0324. The summed E-state index contributed by atoms with van der Waals surface area (Å²) in [7, 11) is 0. The van der Waals surface area contributed by atoms with E-state index in [0.717, 1.165) is 11.9 Å². The number of rotatable bonds is 15. The first-order valence-electron chi connectivity index (χ1n) is 33.4. The summed E-state index contributed by atoms with van der Waals surface area (Å²) in [5.41, 5.74) is -3.23. The van der Waals surface area contributed by atoms with Crippen LogP contribution in [-0.2, 0) is 71.2 Å². The third kappa shape index (κ3) is 12.5. The maximum absolute atomic E-state index is 15.6. The van der Waals surface area contributed by atoms with E-state index in [1.54, 1.807) is 6.92 Å². The Balaban J connectivity index is 0.845. The molecule has 16 N–H and O–H groups in total. The number of fused-ring (bicyclic) bond motifs is 7. The molecule has 31 heteroatoms. The van der Waals surface area contributed by atoms with Crippen molar-refractivity contribution in [1.29, 1.82) is 0 Å². The van der Waals surface area contributed by atoms with Gasteiger partial charge < -0.3 is 143 Å². The molecule has 10 fully saturated rings. The van der Waals surface area contributed by atoms with Crippen LogP contribution in [0, 0.1) is 50.2 Å². The van der Waals surface area contributed by atoms with Gasteiger partial charge in [0, 0.05) is 0 Å². The van der Waals surface area contributed by atoms with Crippen LogP contribution >= 0.6 is 0 Å². The minimum Gasteiger partial charge on any atom is -0.479 e. The van der Waals surface area contributed by atoms with E-state index in [4.69, 9.17) is 56.8 Å². The van der Waals surface area contributed by atoms with Gasteiger partial charge in [-0.15, -0.1) is 0 Å². The third-order valence-electron chi connectivity index (χ3n) is 24.7. The standard InChI is InChI=1S/C64H100O31/c1-24-34(69)39(74)49(93-54-44(79)40(75)46(25(2)87-54)90-52-41(76)35(70)28(67)21-84-52)56(86-24)95-58(83)64-17-15-59(3,4)19-27(64)26-9-10-32-60(5)13-12-33(61(6,23-66)31(60)11-14-63(32,8)62(26,7)16-18-64)89-57-50(94-55-43(78)38(73)37(72)30(20-65)88-55)47(45(80)48(92-57)51(81)82)91-53-42(77)36(71)29(68)22-85-53/h9,23-25,27-50,52-57,65,67-80H,10-22H2,1-8H3,(H,81,82)/t24-,25+,27+,28-,29-,30-,31-,32-,33+,34+,35+,36+,37+,38+,39+,40-,41-,42-,43-,44-,45+,46+,47+,48+,49-,50-,52+,53+,54+,55+,56+,57-,60-,61+,62-,63-,64+/m1/s1. The van der Waals surface area contributed by atoms with Gasteiger partial charge >= 0.3 is 11.9 Å². The average molecular weight is 1370 g/mol. The Morgan fingerprint density at radius 3 is 1.72 bits per heavy atom. The number of esters is 1. The number of hydrogen-bond donors (Lipinski definition) is 16. The van der Waals surface area contributed by atoms with Gasteiger partial charge in [0.1, 0.15) is 116 Å². The summed E-state index contributed by atoms with van der Waals surface area (Å²) < 4.78 is 72.1. The van der Waals surface area contributed by atoms with E-state index in [0.29, 0.717) is 57.8 Å². The molecular formula is C64H100O31.